The molecule has 106 valence electrons. The van der Waals surface area contributed by atoms with E-state index in [-0.39, 0.29) is 17.3 Å². The van der Waals surface area contributed by atoms with E-state index in [0.717, 1.165) is 6.26 Å². The van der Waals surface area contributed by atoms with Gasteiger partial charge in [-0.2, -0.15) is 5.10 Å². The number of rotatable bonds is 4. The summed E-state index contributed by atoms with van der Waals surface area (Å²) in [5.74, 6) is 0.0865. The Labute approximate surface area is 116 Å². The zero-order valence-electron chi connectivity index (χ0n) is 10.8. The summed E-state index contributed by atoms with van der Waals surface area (Å²) in [5, 5.41) is 8.98. The lowest BCUT2D eigenvalue weighted by atomic mass is 10.2. The number of hydrogen-bond donors (Lipinski definition) is 3. The van der Waals surface area contributed by atoms with Gasteiger partial charge in [-0.3, -0.25) is 9.89 Å². The molecule has 0 atom stereocenters. The van der Waals surface area contributed by atoms with Gasteiger partial charge >= 0.3 is 0 Å². The maximum Gasteiger partial charge on any atom is 0.251 e. The molecule has 7 nitrogen and oxygen atoms in total. The number of nitrogens with zero attached hydrogens (tertiary/aromatic N) is 1. The minimum atomic E-state index is -3.26. The van der Waals surface area contributed by atoms with E-state index in [1.165, 1.54) is 30.5 Å². The summed E-state index contributed by atoms with van der Waals surface area (Å²) in [6, 6.07) is 5.72. The summed E-state index contributed by atoms with van der Waals surface area (Å²) in [6.45, 7) is 0.245. The summed E-state index contributed by atoms with van der Waals surface area (Å²) >= 11 is 0. The van der Waals surface area contributed by atoms with Gasteiger partial charge in [0, 0.05) is 23.9 Å². The molecule has 0 unspecified atom stereocenters. The number of anilines is 1. The van der Waals surface area contributed by atoms with Crippen LogP contribution in [0.4, 0.5) is 5.82 Å². The maximum atomic E-state index is 11.9. The third kappa shape index (κ3) is 3.15. The highest BCUT2D eigenvalue weighted by atomic mass is 32.2. The van der Waals surface area contributed by atoms with Gasteiger partial charge in [-0.1, -0.05) is 0 Å². The van der Waals surface area contributed by atoms with Gasteiger partial charge in [0.15, 0.2) is 9.84 Å². The first-order valence-electron chi connectivity index (χ1n) is 5.74. The number of benzene rings is 1. The predicted molar refractivity (Wildman–Crippen MR) is 73.7 cm³/mol. The fourth-order valence-electron chi connectivity index (χ4n) is 1.59. The van der Waals surface area contributed by atoms with Crippen LogP contribution in [0.25, 0.3) is 0 Å². The number of nitrogen functional groups attached to an aromatic ring is 1. The lowest BCUT2D eigenvalue weighted by Gasteiger charge is -2.05. The zero-order chi connectivity index (χ0) is 14.8. The highest BCUT2D eigenvalue weighted by Gasteiger charge is 2.10. The van der Waals surface area contributed by atoms with E-state index in [1.54, 1.807) is 0 Å². The predicted octanol–water partition coefficient (Wildman–Crippen LogP) is 0.325. The van der Waals surface area contributed by atoms with Crippen molar-refractivity contribution in [2.75, 3.05) is 12.0 Å². The topological polar surface area (TPSA) is 118 Å². The van der Waals surface area contributed by atoms with Crippen LogP contribution in [-0.4, -0.2) is 30.8 Å². The molecule has 4 N–H and O–H groups in total. The molecule has 0 spiro atoms. The van der Waals surface area contributed by atoms with Crippen LogP contribution in [0.2, 0.25) is 0 Å². The Bertz CT molecular complexity index is 719. The number of hydrogen-bond acceptors (Lipinski definition) is 5. The SMILES string of the molecule is CS(=O)(=O)c1ccc(C(=O)NCc2cn[nH]c2N)cc1. The second-order valence-electron chi connectivity index (χ2n) is 4.29. The molecule has 0 saturated heterocycles. The Morgan fingerprint density at radius 1 is 1.35 bits per heavy atom. The molecular weight excluding hydrogens is 280 g/mol. The normalized spacial score (nSPS) is 11.2. The maximum absolute atomic E-state index is 11.9. The van der Waals surface area contributed by atoms with Crippen molar-refractivity contribution >= 4 is 21.6 Å². The van der Waals surface area contributed by atoms with E-state index in [1.807, 2.05) is 0 Å². The first-order valence-corrected chi connectivity index (χ1v) is 7.63. The summed E-state index contributed by atoms with van der Waals surface area (Å²) in [7, 11) is -3.26. The van der Waals surface area contributed by atoms with Gasteiger partial charge in [-0.05, 0) is 24.3 Å². The Morgan fingerprint density at radius 3 is 2.50 bits per heavy atom. The Balaban J connectivity index is 2.05. The number of carbonyl (C=O) groups excluding carboxylic acids is 1. The van der Waals surface area contributed by atoms with Gasteiger partial charge in [0.25, 0.3) is 5.91 Å². The number of carbonyl (C=O) groups is 1. The van der Waals surface area contributed by atoms with Crippen LogP contribution >= 0.6 is 0 Å². The largest absolute Gasteiger partial charge is 0.384 e. The number of nitrogens with one attached hydrogen (secondary N) is 2. The van der Waals surface area contributed by atoms with E-state index in [0.29, 0.717) is 16.9 Å². The average Bonchev–Trinajstić information content (AvgIpc) is 2.81. The molecule has 8 heteroatoms. The van der Waals surface area contributed by atoms with Gasteiger partial charge in [-0.15, -0.1) is 0 Å². The molecule has 0 aliphatic heterocycles. The summed E-state index contributed by atoms with van der Waals surface area (Å²) in [4.78, 5) is 12.1. The number of aromatic amines is 1. The lowest BCUT2D eigenvalue weighted by molar-refractivity contribution is 0.0951. The van der Waals surface area contributed by atoms with Gasteiger partial charge in [0.1, 0.15) is 5.82 Å². The quantitative estimate of drug-likeness (QED) is 0.750. The minimum absolute atomic E-state index is 0.174. The van der Waals surface area contributed by atoms with E-state index >= 15 is 0 Å². The van der Waals surface area contributed by atoms with Crippen molar-refractivity contribution in [1.82, 2.24) is 15.5 Å². The molecule has 1 amide bonds. The number of H-pyrrole nitrogens is 1. The van der Waals surface area contributed by atoms with Crippen LogP contribution in [0.15, 0.2) is 35.4 Å². The third-order valence-electron chi connectivity index (χ3n) is 2.74. The second-order valence-corrected chi connectivity index (χ2v) is 6.30. The van der Waals surface area contributed by atoms with Crippen molar-refractivity contribution in [1.29, 1.82) is 0 Å². The lowest BCUT2D eigenvalue weighted by Crippen LogP contribution is -2.23. The number of aromatic nitrogens is 2. The summed E-state index contributed by atoms with van der Waals surface area (Å²) in [6.07, 6.45) is 2.64. The third-order valence-corrected chi connectivity index (χ3v) is 3.86. The molecule has 0 saturated carbocycles. The van der Waals surface area contributed by atoms with Crippen LogP contribution in [0, 0.1) is 0 Å². The van der Waals surface area contributed by atoms with Crippen LogP contribution in [-0.2, 0) is 16.4 Å². The first-order chi connectivity index (χ1) is 9.38. The molecule has 1 aromatic heterocycles. The average molecular weight is 294 g/mol. The van der Waals surface area contributed by atoms with E-state index in [4.69, 9.17) is 5.73 Å². The molecule has 2 rings (SSSR count). The fourth-order valence-corrected chi connectivity index (χ4v) is 2.22. The molecular formula is C12H14N4O3S. The Kier molecular flexibility index (Phi) is 3.75. The first kappa shape index (κ1) is 14.1. The number of sulfone groups is 1. The monoisotopic (exact) mass is 294 g/mol. The Morgan fingerprint density at radius 2 is 2.00 bits per heavy atom. The van der Waals surface area contributed by atoms with Crippen molar-refractivity contribution in [3.05, 3.63) is 41.6 Å². The molecule has 1 aromatic carbocycles. The molecule has 20 heavy (non-hydrogen) atoms. The van der Waals surface area contributed by atoms with Crippen LogP contribution < -0.4 is 11.1 Å². The summed E-state index contributed by atoms with van der Waals surface area (Å²) < 4.78 is 22.6. The standard InChI is InChI=1S/C12H14N4O3S/c1-20(18,19)10-4-2-8(3-5-10)12(17)14-6-9-7-15-16-11(9)13/h2-5,7H,6H2,1H3,(H,14,17)(H3,13,15,16). The molecule has 0 fully saturated rings. The van der Waals surface area contributed by atoms with Crippen molar-refractivity contribution in [3.8, 4) is 0 Å². The van der Waals surface area contributed by atoms with Crippen LogP contribution in [0.1, 0.15) is 15.9 Å². The molecule has 0 bridgehead atoms. The minimum Gasteiger partial charge on any atom is -0.384 e. The van der Waals surface area contributed by atoms with Crippen molar-refractivity contribution in [3.63, 3.8) is 0 Å². The smallest absolute Gasteiger partial charge is 0.251 e. The second kappa shape index (κ2) is 5.33. The summed E-state index contributed by atoms with van der Waals surface area (Å²) in [5.41, 5.74) is 6.66. The Hall–Kier alpha value is -2.35. The zero-order valence-corrected chi connectivity index (χ0v) is 11.6. The van der Waals surface area contributed by atoms with Crippen molar-refractivity contribution < 1.29 is 13.2 Å². The fraction of sp³-hybridized carbons (Fsp3) is 0.167. The van der Waals surface area contributed by atoms with Gasteiger partial charge in [0.05, 0.1) is 11.1 Å². The van der Waals surface area contributed by atoms with Crippen molar-refractivity contribution in [2.24, 2.45) is 0 Å². The van der Waals surface area contributed by atoms with Gasteiger partial charge < -0.3 is 11.1 Å². The molecule has 1 heterocycles. The van der Waals surface area contributed by atoms with E-state index < -0.39 is 9.84 Å². The molecule has 0 aliphatic carbocycles. The number of amides is 1. The molecule has 2 aromatic rings. The van der Waals surface area contributed by atoms with Gasteiger partial charge in [0.2, 0.25) is 0 Å². The van der Waals surface area contributed by atoms with E-state index in [9.17, 15) is 13.2 Å². The molecule has 0 radical (unpaired) electrons. The highest BCUT2D eigenvalue weighted by molar-refractivity contribution is 7.90. The van der Waals surface area contributed by atoms with E-state index in [2.05, 4.69) is 15.5 Å². The van der Waals surface area contributed by atoms with Crippen molar-refractivity contribution in [2.45, 2.75) is 11.4 Å². The van der Waals surface area contributed by atoms with Crippen LogP contribution in [0.3, 0.4) is 0 Å². The number of nitrogens with two attached hydrogens (primary N) is 1. The highest BCUT2D eigenvalue weighted by Crippen LogP contribution is 2.11. The van der Waals surface area contributed by atoms with Gasteiger partial charge in [-0.25, -0.2) is 8.42 Å². The van der Waals surface area contributed by atoms with Crippen LogP contribution in [0.5, 0.6) is 0 Å². The molecule has 0 aliphatic rings.